The molecule has 2 rings (SSSR count). The van der Waals surface area contributed by atoms with Crippen molar-refractivity contribution in [3.8, 4) is 0 Å². The highest BCUT2D eigenvalue weighted by molar-refractivity contribution is 7.93. The molecule has 86 valence electrons. The Kier molecular flexibility index (Phi) is 3.42. The van der Waals surface area contributed by atoms with Gasteiger partial charge < -0.3 is 4.55 Å². The van der Waals surface area contributed by atoms with Crippen molar-refractivity contribution in [2.45, 2.75) is 68.3 Å². The van der Waals surface area contributed by atoms with E-state index < -0.39 is 11.2 Å². The molecule has 2 aliphatic rings. The zero-order valence-electron chi connectivity index (χ0n) is 10.2. The Balaban J connectivity index is 2.16. The Morgan fingerprint density at radius 1 is 1.00 bits per heavy atom. The summed E-state index contributed by atoms with van der Waals surface area (Å²) in [7, 11) is 1.23. The van der Waals surface area contributed by atoms with Gasteiger partial charge in [0.15, 0.2) is 7.28 Å². The van der Waals surface area contributed by atoms with Crippen LogP contribution in [0, 0.1) is 0 Å². The van der Waals surface area contributed by atoms with Crippen molar-refractivity contribution in [2.75, 3.05) is 6.26 Å². The Bertz CT molecular complexity index is 234. The molecule has 2 saturated heterocycles. The predicted octanol–water partition coefficient (Wildman–Crippen LogP) is 2.82. The van der Waals surface area contributed by atoms with Crippen LogP contribution in [0.4, 0.5) is 0 Å². The van der Waals surface area contributed by atoms with Crippen molar-refractivity contribution >= 4 is 18.5 Å². The molecule has 2 fully saturated rings. The normalized spacial score (nSPS) is 43.7. The summed E-state index contributed by atoms with van der Waals surface area (Å²) < 4.78 is 12.2. The van der Waals surface area contributed by atoms with E-state index in [4.69, 9.17) is 0 Å². The van der Waals surface area contributed by atoms with Crippen LogP contribution >= 0.6 is 0 Å². The highest BCUT2D eigenvalue weighted by Gasteiger charge is 2.52. The first kappa shape index (κ1) is 11.8. The fraction of sp³-hybridized carbons (Fsp3) is 1.00. The van der Waals surface area contributed by atoms with E-state index in [1.54, 1.807) is 0 Å². The van der Waals surface area contributed by atoms with Crippen molar-refractivity contribution < 1.29 is 4.55 Å². The molecule has 3 heteroatoms. The molecule has 1 nitrogen and oxygen atoms in total. The van der Waals surface area contributed by atoms with Gasteiger partial charge in [-0.15, -0.1) is 0 Å². The molecule has 3 atom stereocenters. The summed E-state index contributed by atoms with van der Waals surface area (Å²) in [4.78, 5) is 0. The topological polar surface area (TPSA) is 23.1 Å². The minimum absolute atomic E-state index is 0.194. The van der Waals surface area contributed by atoms with Crippen LogP contribution < -0.4 is 0 Å². The molecule has 0 aromatic heterocycles. The smallest absolute Gasteiger partial charge is 0.199 e. The van der Waals surface area contributed by atoms with Crippen LogP contribution in [0.25, 0.3) is 0 Å². The van der Waals surface area contributed by atoms with E-state index in [1.807, 2.05) is 6.26 Å². The van der Waals surface area contributed by atoms with Gasteiger partial charge in [0.05, 0.1) is 10.9 Å². The molecule has 0 saturated carbocycles. The van der Waals surface area contributed by atoms with Gasteiger partial charge in [0.25, 0.3) is 0 Å². The lowest BCUT2D eigenvalue weighted by atomic mass is 9.49. The molecule has 2 aliphatic heterocycles. The summed E-state index contributed by atoms with van der Waals surface area (Å²) in [6, 6.07) is 0. The standard InChI is InChI=1S/C12H23BOS/c1-11-7-5-3-4-6-8-12(13-11,10-9-11)15(2)14/h13H,3-10H2,1-2H3. The van der Waals surface area contributed by atoms with Crippen LogP contribution in [0.5, 0.6) is 0 Å². The summed E-state index contributed by atoms with van der Waals surface area (Å²) in [5.74, 6) is 0. The first-order valence-electron chi connectivity index (χ1n) is 6.40. The van der Waals surface area contributed by atoms with Gasteiger partial charge in [-0.3, -0.25) is 0 Å². The van der Waals surface area contributed by atoms with E-state index in [9.17, 15) is 4.55 Å². The van der Waals surface area contributed by atoms with Crippen molar-refractivity contribution in [3.05, 3.63) is 0 Å². The maximum absolute atomic E-state index is 12.0. The SMILES string of the molecule is C[S+]([O-])C12BC(C)(CCCCCC1)CC2. The van der Waals surface area contributed by atoms with E-state index in [0.29, 0.717) is 5.31 Å². The van der Waals surface area contributed by atoms with Crippen LogP contribution in [-0.4, -0.2) is 22.7 Å². The zero-order valence-corrected chi connectivity index (χ0v) is 11.0. The number of fused-ring (bicyclic) bond motifs is 2. The maximum Gasteiger partial charge on any atom is 0.199 e. The second-order valence-corrected chi connectivity index (χ2v) is 7.81. The van der Waals surface area contributed by atoms with Gasteiger partial charge >= 0.3 is 0 Å². The third-order valence-corrected chi connectivity index (χ3v) is 6.48. The lowest BCUT2D eigenvalue weighted by molar-refractivity contribution is 0.456. The molecule has 15 heavy (non-hydrogen) atoms. The first-order valence-corrected chi connectivity index (χ1v) is 7.96. The molecule has 0 aromatic rings. The van der Waals surface area contributed by atoms with E-state index >= 15 is 0 Å². The van der Waals surface area contributed by atoms with Gasteiger partial charge in [0.2, 0.25) is 0 Å². The molecule has 0 aromatic carbocycles. The van der Waals surface area contributed by atoms with Gasteiger partial charge in [-0.2, -0.15) is 0 Å². The van der Waals surface area contributed by atoms with E-state index in [0.717, 1.165) is 0 Å². The molecule has 0 aliphatic carbocycles. The Morgan fingerprint density at radius 3 is 2.33 bits per heavy atom. The average molecular weight is 226 g/mol. The monoisotopic (exact) mass is 226 g/mol. The number of hydrogen-bond donors (Lipinski definition) is 0. The minimum atomic E-state index is -0.621. The average Bonchev–Trinajstić information content (AvgIpc) is 2.55. The molecule has 0 spiro atoms. The fourth-order valence-corrected chi connectivity index (χ4v) is 5.03. The van der Waals surface area contributed by atoms with Crippen molar-refractivity contribution in [2.24, 2.45) is 0 Å². The van der Waals surface area contributed by atoms with Crippen molar-refractivity contribution in [1.29, 1.82) is 0 Å². The third-order valence-electron chi connectivity index (χ3n) is 4.71. The second-order valence-electron chi connectivity index (χ2n) is 6.04. The largest absolute Gasteiger partial charge is 0.617 e. The van der Waals surface area contributed by atoms with Gasteiger partial charge in [-0.1, -0.05) is 55.5 Å². The molecule has 3 unspecified atom stereocenters. The van der Waals surface area contributed by atoms with E-state index in [2.05, 4.69) is 6.92 Å². The summed E-state index contributed by atoms with van der Waals surface area (Å²) in [5.41, 5.74) is 0. The second kappa shape index (κ2) is 4.33. The van der Waals surface area contributed by atoms with Crippen LogP contribution in [0.2, 0.25) is 5.31 Å². The maximum atomic E-state index is 12.0. The Labute approximate surface area is 97.8 Å². The molecule has 2 bridgehead atoms. The molecular weight excluding hydrogens is 203 g/mol. The van der Waals surface area contributed by atoms with Crippen molar-refractivity contribution in [3.63, 3.8) is 0 Å². The first-order chi connectivity index (χ1) is 7.06. The molecule has 0 N–H and O–H groups in total. The van der Waals surface area contributed by atoms with Crippen molar-refractivity contribution in [1.82, 2.24) is 0 Å². The van der Waals surface area contributed by atoms with Gasteiger partial charge in [0.1, 0.15) is 0 Å². The lowest BCUT2D eigenvalue weighted by Crippen LogP contribution is -2.42. The third kappa shape index (κ3) is 2.39. The Morgan fingerprint density at radius 2 is 1.67 bits per heavy atom. The molecular formula is C12H23BOS. The van der Waals surface area contributed by atoms with Gasteiger partial charge in [-0.05, 0) is 19.3 Å². The van der Waals surface area contributed by atoms with Crippen LogP contribution in [0.15, 0.2) is 0 Å². The number of hydrogen-bond acceptors (Lipinski definition) is 1. The molecule has 2 heterocycles. The summed E-state index contributed by atoms with van der Waals surface area (Å²) in [6.45, 7) is 2.42. The predicted molar refractivity (Wildman–Crippen MR) is 69.2 cm³/mol. The quantitative estimate of drug-likeness (QED) is 0.498. The Hall–Kier alpha value is 0.375. The minimum Gasteiger partial charge on any atom is -0.617 e. The highest BCUT2D eigenvalue weighted by Crippen LogP contribution is 2.52. The van der Waals surface area contributed by atoms with Crippen LogP contribution in [0.1, 0.15) is 58.3 Å². The number of rotatable bonds is 1. The summed E-state index contributed by atoms with van der Waals surface area (Å²) in [6.07, 6.45) is 12.5. The zero-order chi connectivity index (χ0) is 10.9. The van der Waals surface area contributed by atoms with E-state index in [1.165, 1.54) is 58.6 Å². The van der Waals surface area contributed by atoms with Gasteiger partial charge in [-0.25, -0.2) is 0 Å². The summed E-state index contributed by atoms with van der Waals surface area (Å²) in [5, 5.41) is 0.510. The van der Waals surface area contributed by atoms with Crippen LogP contribution in [0.3, 0.4) is 0 Å². The molecule has 0 amide bonds. The van der Waals surface area contributed by atoms with Crippen LogP contribution in [-0.2, 0) is 11.2 Å². The highest BCUT2D eigenvalue weighted by atomic mass is 32.2. The summed E-state index contributed by atoms with van der Waals surface area (Å²) >= 11 is -0.621. The van der Waals surface area contributed by atoms with Gasteiger partial charge in [0, 0.05) is 0 Å². The fourth-order valence-electron chi connectivity index (χ4n) is 3.65. The molecule has 0 radical (unpaired) electrons. The van der Waals surface area contributed by atoms with E-state index in [-0.39, 0.29) is 4.65 Å². The lowest BCUT2D eigenvalue weighted by Gasteiger charge is -2.31.